The summed E-state index contributed by atoms with van der Waals surface area (Å²) in [4.78, 5) is 56.2. The maximum Gasteiger partial charge on any atom is 0.219 e. The Morgan fingerprint density at radius 3 is 2.55 bits per heavy atom. The van der Waals surface area contributed by atoms with Crippen molar-refractivity contribution in [3.8, 4) is 16.9 Å². The van der Waals surface area contributed by atoms with Gasteiger partial charge in [0.25, 0.3) is 0 Å². The van der Waals surface area contributed by atoms with Crippen molar-refractivity contribution in [2.24, 2.45) is 11.5 Å². The Balaban J connectivity index is 1.20. The number of carbonyl (C=O) groups excluding carboxylic acids is 4. The highest BCUT2D eigenvalue weighted by molar-refractivity contribution is 6.49. The Hall–Kier alpha value is -4.10. The summed E-state index contributed by atoms with van der Waals surface area (Å²) in [5, 5.41) is 3.70. The molecule has 0 bridgehead atoms. The number of halogens is 1. The Labute approximate surface area is 227 Å². The number of carbonyl (C=O) groups is 4. The van der Waals surface area contributed by atoms with E-state index in [1.54, 1.807) is 18.3 Å². The van der Waals surface area contributed by atoms with Gasteiger partial charge in [-0.15, -0.1) is 0 Å². The van der Waals surface area contributed by atoms with Crippen LogP contribution in [0.3, 0.4) is 0 Å². The predicted octanol–water partition coefficient (Wildman–Crippen LogP) is 0.122. The molecule has 0 amide bonds. The van der Waals surface area contributed by atoms with Crippen LogP contribution >= 0.6 is 0 Å². The zero-order chi connectivity index (χ0) is 28.1. The number of aromatic amines is 1. The zero-order valence-corrected chi connectivity index (χ0v) is 21.4. The summed E-state index contributed by atoms with van der Waals surface area (Å²) in [6.07, 6.45) is 4.28. The van der Waals surface area contributed by atoms with Crippen LogP contribution in [0, 0.1) is 5.82 Å². The van der Waals surface area contributed by atoms with Gasteiger partial charge in [-0.25, -0.2) is 9.37 Å². The summed E-state index contributed by atoms with van der Waals surface area (Å²) in [6.45, 7) is 1.51. The molecular formula is C28H27FN6O5. The topological polar surface area (TPSA) is 174 Å². The zero-order valence-electron chi connectivity index (χ0n) is 21.4. The smallest absolute Gasteiger partial charge is 0.219 e. The van der Waals surface area contributed by atoms with E-state index in [-0.39, 0.29) is 13.2 Å². The van der Waals surface area contributed by atoms with Crippen molar-refractivity contribution in [2.45, 2.75) is 30.6 Å². The molecule has 6 rings (SSSR count). The van der Waals surface area contributed by atoms with Crippen LogP contribution in [-0.4, -0.2) is 88.4 Å². The van der Waals surface area contributed by atoms with Crippen LogP contribution in [0.25, 0.3) is 27.7 Å². The van der Waals surface area contributed by atoms with Gasteiger partial charge in [0.2, 0.25) is 23.1 Å². The molecule has 2 aromatic heterocycles. The summed E-state index contributed by atoms with van der Waals surface area (Å²) < 4.78 is 20.3. The van der Waals surface area contributed by atoms with Crippen molar-refractivity contribution in [3.63, 3.8) is 0 Å². The van der Waals surface area contributed by atoms with Gasteiger partial charge < -0.3 is 26.5 Å². The van der Waals surface area contributed by atoms with Gasteiger partial charge in [0.1, 0.15) is 23.8 Å². The highest BCUT2D eigenvalue weighted by Crippen LogP contribution is 2.37. The summed E-state index contributed by atoms with van der Waals surface area (Å²) >= 11 is 0. The number of pyridine rings is 1. The van der Waals surface area contributed by atoms with Crippen LogP contribution in [0.2, 0.25) is 0 Å². The van der Waals surface area contributed by atoms with E-state index in [1.165, 1.54) is 12.1 Å². The second-order valence-electron chi connectivity index (χ2n) is 10.2. The van der Waals surface area contributed by atoms with Crippen molar-refractivity contribution >= 4 is 39.7 Å². The second kappa shape index (κ2) is 10.1. The molecule has 4 unspecified atom stereocenters. The SMILES string of the molecule is NC1C(=O)C(=O)C1NCCOc1ccc(F)cc1-c1ccnc2[nH]c(C3=CCN(C4C(=O)C(=O)C4N)CC3)cc12. The minimum absolute atomic E-state index is 0.165. The molecule has 0 spiro atoms. The normalized spacial score (nSPS) is 25.1. The predicted molar refractivity (Wildman–Crippen MR) is 143 cm³/mol. The number of hydrogen-bond acceptors (Lipinski definition) is 10. The molecule has 0 saturated heterocycles. The molecule has 3 aliphatic rings. The van der Waals surface area contributed by atoms with E-state index in [0.29, 0.717) is 36.5 Å². The molecule has 0 radical (unpaired) electrons. The van der Waals surface area contributed by atoms with Crippen molar-refractivity contribution in [1.29, 1.82) is 0 Å². The summed E-state index contributed by atoms with van der Waals surface area (Å²) in [5.41, 5.74) is 15.3. The first-order valence-electron chi connectivity index (χ1n) is 13.0. The van der Waals surface area contributed by atoms with Gasteiger partial charge in [-0.3, -0.25) is 24.1 Å². The highest BCUT2D eigenvalue weighted by atomic mass is 19.1. The molecular weight excluding hydrogens is 519 g/mol. The van der Waals surface area contributed by atoms with E-state index in [0.717, 1.165) is 22.2 Å². The molecule has 6 N–H and O–H groups in total. The lowest BCUT2D eigenvalue weighted by Crippen LogP contribution is -2.69. The van der Waals surface area contributed by atoms with Gasteiger partial charge in [-0.2, -0.15) is 0 Å². The molecule has 40 heavy (non-hydrogen) atoms. The lowest BCUT2D eigenvalue weighted by molar-refractivity contribution is -0.150. The minimum Gasteiger partial charge on any atom is -0.492 e. The third kappa shape index (κ3) is 4.34. The first-order valence-corrected chi connectivity index (χ1v) is 13.0. The third-order valence-corrected chi connectivity index (χ3v) is 7.81. The first-order chi connectivity index (χ1) is 19.2. The van der Waals surface area contributed by atoms with Crippen LogP contribution in [0.1, 0.15) is 12.1 Å². The number of hydrogen-bond donors (Lipinski definition) is 4. The molecule has 3 aromatic rings. The fourth-order valence-corrected chi connectivity index (χ4v) is 5.50. The fourth-order valence-electron chi connectivity index (χ4n) is 5.50. The Bertz CT molecular complexity index is 1600. The average Bonchev–Trinajstić information content (AvgIpc) is 3.42. The molecule has 12 heteroatoms. The number of fused-ring (bicyclic) bond motifs is 1. The van der Waals surface area contributed by atoms with Crippen molar-refractivity contribution in [3.05, 3.63) is 54.1 Å². The van der Waals surface area contributed by atoms with Crippen LogP contribution in [0.15, 0.2) is 42.6 Å². The van der Waals surface area contributed by atoms with Gasteiger partial charge in [0, 0.05) is 42.5 Å². The number of Topliss-reactive ketones (excluding diaryl/α,β-unsaturated/α-hetero) is 4. The maximum atomic E-state index is 14.4. The number of nitrogens with one attached hydrogen (secondary N) is 2. The number of aromatic nitrogens is 2. The largest absolute Gasteiger partial charge is 0.492 e. The molecule has 1 aliphatic heterocycles. The van der Waals surface area contributed by atoms with Crippen LogP contribution in [-0.2, 0) is 19.2 Å². The second-order valence-corrected chi connectivity index (χ2v) is 10.2. The fraction of sp³-hybridized carbons (Fsp3) is 0.321. The van der Waals surface area contributed by atoms with Gasteiger partial charge in [0.05, 0.1) is 24.2 Å². The van der Waals surface area contributed by atoms with E-state index in [1.807, 2.05) is 17.0 Å². The lowest BCUT2D eigenvalue weighted by atomic mass is 9.82. The molecule has 206 valence electrons. The number of benzene rings is 1. The third-order valence-electron chi connectivity index (χ3n) is 7.81. The molecule has 3 heterocycles. The highest BCUT2D eigenvalue weighted by Gasteiger charge is 2.50. The Morgan fingerprint density at radius 2 is 1.82 bits per heavy atom. The maximum absolute atomic E-state index is 14.4. The van der Waals surface area contributed by atoms with Crippen LogP contribution < -0.4 is 21.5 Å². The van der Waals surface area contributed by atoms with Gasteiger partial charge >= 0.3 is 0 Å². The first kappa shape index (κ1) is 26.1. The average molecular weight is 547 g/mol. The molecule has 2 aliphatic carbocycles. The molecule has 11 nitrogen and oxygen atoms in total. The van der Waals surface area contributed by atoms with Crippen molar-refractivity contribution in [2.75, 3.05) is 26.2 Å². The quantitative estimate of drug-likeness (QED) is 0.224. The molecule has 1 aromatic carbocycles. The molecule has 4 atom stereocenters. The van der Waals surface area contributed by atoms with E-state index in [4.69, 9.17) is 16.2 Å². The van der Waals surface area contributed by atoms with Crippen molar-refractivity contribution in [1.82, 2.24) is 20.2 Å². The van der Waals surface area contributed by atoms with E-state index in [2.05, 4.69) is 15.3 Å². The number of nitrogens with zero attached hydrogens (tertiary/aromatic N) is 2. The summed E-state index contributed by atoms with van der Waals surface area (Å²) in [6, 6.07) is 5.12. The summed E-state index contributed by atoms with van der Waals surface area (Å²) in [5.74, 6) is -2.04. The molecule has 2 fully saturated rings. The molecule has 2 saturated carbocycles. The summed E-state index contributed by atoms with van der Waals surface area (Å²) in [7, 11) is 0. The van der Waals surface area contributed by atoms with Gasteiger partial charge in [0.15, 0.2) is 0 Å². The number of rotatable bonds is 8. The lowest BCUT2D eigenvalue weighted by Gasteiger charge is -2.40. The van der Waals surface area contributed by atoms with Crippen LogP contribution in [0.4, 0.5) is 4.39 Å². The van der Waals surface area contributed by atoms with Crippen LogP contribution in [0.5, 0.6) is 5.75 Å². The van der Waals surface area contributed by atoms with E-state index >= 15 is 0 Å². The Kier molecular flexibility index (Phi) is 6.62. The van der Waals surface area contributed by atoms with E-state index < -0.39 is 53.1 Å². The minimum atomic E-state index is -0.841. The number of ketones is 4. The van der Waals surface area contributed by atoms with Gasteiger partial charge in [-0.05, 0) is 47.9 Å². The monoisotopic (exact) mass is 546 g/mol. The number of ether oxygens (including phenoxy) is 1. The standard InChI is InChI=1S/C28H27FN6O5/c29-14-1-2-19(40-10-7-32-22-20(30)24(36)26(22)38)16(11-14)15-3-6-33-28-17(15)12-18(34-28)13-4-8-35(9-5-13)23-21(31)25(37)27(23)39/h1-4,6,11-12,20-23,32H,5,7-10,30-31H2,(H,33,34). The Morgan fingerprint density at radius 1 is 1.02 bits per heavy atom. The number of nitrogens with two attached hydrogens (primary N) is 2. The van der Waals surface area contributed by atoms with Crippen molar-refractivity contribution < 1.29 is 28.3 Å². The number of H-pyrrole nitrogens is 1. The van der Waals surface area contributed by atoms with E-state index in [9.17, 15) is 23.6 Å². The van der Waals surface area contributed by atoms with Gasteiger partial charge in [-0.1, -0.05) is 6.08 Å².